The number of aryl methyl sites for hydroxylation is 1. The van der Waals surface area contributed by atoms with Gasteiger partial charge in [-0.3, -0.25) is 4.79 Å². The minimum atomic E-state index is -0.302. The van der Waals surface area contributed by atoms with Gasteiger partial charge in [0, 0.05) is 30.2 Å². The number of nitrogens with one attached hydrogen (secondary N) is 1. The molecule has 138 valence electrons. The normalized spacial score (nSPS) is 14.7. The van der Waals surface area contributed by atoms with Crippen LogP contribution in [0.15, 0.2) is 24.5 Å². The van der Waals surface area contributed by atoms with E-state index in [9.17, 15) is 4.79 Å². The molecule has 0 spiro atoms. The number of methoxy groups -OCH3 is 1. The first-order valence-corrected chi connectivity index (χ1v) is 9.19. The van der Waals surface area contributed by atoms with Crippen LogP contribution in [0.4, 0.5) is 11.5 Å². The van der Waals surface area contributed by atoms with Crippen molar-refractivity contribution in [3.05, 3.63) is 40.8 Å². The first kappa shape index (κ1) is 18.5. The second-order valence-corrected chi connectivity index (χ2v) is 6.83. The predicted molar refractivity (Wildman–Crippen MR) is 103 cm³/mol. The minimum absolute atomic E-state index is 0.302. The van der Waals surface area contributed by atoms with Gasteiger partial charge in [0.2, 0.25) is 0 Å². The largest absolute Gasteiger partial charge is 0.495 e. The summed E-state index contributed by atoms with van der Waals surface area (Å²) < 4.78 is 5.31. The van der Waals surface area contributed by atoms with Crippen LogP contribution in [0.3, 0.4) is 0 Å². The maximum atomic E-state index is 12.7. The highest BCUT2D eigenvalue weighted by Crippen LogP contribution is 2.31. The van der Waals surface area contributed by atoms with Crippen molar-refractivity contribution in [3.63, 3.8) is 0 Å². The first-order valence-electron chi connectivity index (χ1n) is 8.81. The van der Waals surface area contributed by atoms with E-state index in [1.54, 1.807) is 25.3 Å². The summed E-state index contributed by atoms with van der Waals surface area (Å²) in [6, 6.07) is 5.22. The fraction of sp³-hybridized carbons (Fsp3) is 0.421. The molecule has 0 radical (unpaired) electrons. The molecule has 1 aliphatic heterocycles. The molecular weight excluding hydrogens is 352 g/mol. The number of carbonyl (C=O) groups is 1. The molecule has 0 aliphatic carbocycles. The number of rotatable bonds is 4. The molecule has 1 saturated heterocycles. The Labute approximate surface area is 158 Å². The molecule has 0 saturated carbocycles. The van der Waals surface area contributed by atoms with E-state index >= 15 is 0 Å². The number of ether oxygens (including phenoxy) is 1. The maximum absolute atomic E-state index is 12.7. The van der Waals surface area contributed by atoms with E-state index in [-0.39, 0.29) is 5.91 Å². The number of carbonyl (C=O) groups excluding carboxylic acids is 1. The highest BCUT2D eigenvalue weighted by atomic mass is 35.5. The van der Waals surface area contributed by atoms with Crippen LogP contribution in [-0.4, -0.2) is 36.1 Å². The van der Waals surface area contributed by atoms with E-state index in [4.69, 9.17) is 16.3 Å². The van der Waals surface area contributed by atoms with Gasteiger partial charge in [-0.1, -0.05) is 24.4 Å². The molecule has 1 aromatic carbocycles. The van der Waals surface area contributed by atoms with Crippen molar-refractivity contribution in [1.82, 2.24) is 9.97 Å². The van der Waals surface area contributed by atoms with E-state index in [1.807, 2.05) is 6.92 Å². The molecule has 3 rings (SSSR count). The summed E-state index contributed by atoms with van der Waals surface area (Å²) in [5.74, 6) is 1.01. The van der Waals surface area contributed by atoms with Crippen molar-refractivity contribution in [2.75, 3.05) is 30.4 Å². The van der Waals surface area contributed by atoms with E-state index in [0.717, 1.165) is 37.3 Å². The van der Waals surface area contributed by atoms with E-state index < -0.39 is 0 Å². The molecule has 1 fully saturated rings. The summed E-state index contributed by atoms with van der Waals surface area (Å²) in [7, 11) is 1.54. The third kappa shape index (κ3) is 4.25. The third-order valence-electron chi connectivity index (χ3n) is 4.54. The number of benzene rings is 1. The number of anilines is 2. The molecule has 0 unspecified atom stereocenters. The Balaban J connectivity index is 1.80. The molecule has 6 nitrogen and oxygen atoms in total. The topological polar surface area (TPSA) is 67.3 Å². The quantitative estimate of drug-likeness (QED) is 0.873. The van der Waals surface area contributed by atoms with Crippen molar-refractivity contribution in [2.45, 2.75) is 32.6 Å². The van der Waals surface area contributed by atoms with E-state index in [2.05, 4.69) is 20.2 Å². The van der Waals surface area contributed by atoms with Crippen LogP contribution in [0, 0.1) is 6.92 Å². The SMILES string of the molecule is COc1cc(Cl)c(C)cc1NC(=O)c1cc(N2CCCCCC2)ncn1. The lowest BCUT2D eigenvalue weighted by Crippen LogP contribution is -2.25. The summed E-state index contributed by atoms with van der Waals surface area (Å²) in [5, 5.41) is 3.45. The average molecular weight is 375 g/mol. The van der Waals surface area contributed by atoms with Crippen molar-refractivity contribution in [2.24, 2.45) is 0 Å². The molecule has 0 atom stereocenters. The summed E-state index contributed by atoms with van der Waals surface area (Å²) in [5.41, 5.74) is 1.75. The molecule has 1 N–H and O–H groups in total. The standard InChI is InChI=1S/C19H23ClN4O2/c1-13-9-15(17(26-2)10-14(13)20)23-19(25)16-11-18(22-12-21-16)24-7-5-3-4-6-8-24/h9-12H,3-8H2,1-2H3,(H,23,25). The molecule has 0 bridgehead atoms. The Bertz CT molecular complexity index is 789. The summed E-state index contributed by atoms with van der Waals surface area (Å²) in [6.45, 7) is 3.80. The fourth-order valence-electron chi connectivity index (χ4n) is 3.06. The van der Waals surface area contributed by atoms with Crippen LogP contribution in [-0.2, 0) is 0 Å². The molecule has 26 heavy (non-hydrogen) atoms. The van der Waals surface area contributed by atoms with Crippen molar-refractivity contribution >= 4 is 29.0 Å². The van der Waals surface area contributed by atoms with Gasteiger partial charge >= 0.3 is 0 Å². The van der Waals surface area contributed by atoms with Crippen LogP contribution in [0.2, 0.25) is 5.02 Å². The van der Waals surface area contributed by atoms with E-state index in [0.29, 0.717) is 22.2 Å². The van der Waals surface area contributed by atoms with Gasteiger partial charge in [-0.15, -0.1) is 0 Å². The van der Waals surface area contributed by atoms with Crippen LogP contribution < -0.4 is 15.0 Å². The van der Waals surface area contributed by atoms with Crippen molar-refractivity contribution in [1.29, 1.82) is 0 Å². The smallest absolute Gasteiger partial charge is 0.274 e. The number of amides is 1. The molecular formula is C19H23ClN4O2. The zero-order valence-corrected chi connectivity index (χ0v) is 15.8. The molecule has 1 amide bonds. The Morgan fingerprint density at radius 1 is 1.15 bits per heavy atom. The Hall–Kier alpha value is -2.34. The number of nitrogens with zero attached hydrogens (tertiary/aromatic N) is 3. The van der Waals surface area contributed by atoms with Crippen molar-refractivity contribution < 1.29 is 9.53 Å². The molecule has 1 aromatic heterocycles. The summed E-state index contributed by atoms with van der Waals surface area (Å²) in [6.07, 6.45) is 6.22. The number of halogens is 1. The Kier molecular flexibility index (Phi) is 5.93. The van der Waals surface area contributed by atoms with Crippen LogP contribution in [0.1, 0.15) is 41.7 Å². The number of hydrogen-bond donors (Lipinski definition) is 1. The Morgan fingerprint density at radius 2 is 1.88 bits per heavy atom. The lowest BCUT2D eigenvalue weighted by atomic mass is 10.2. The predicted octanol–water partition coefficient (Wildman–Crippen LogP) is 4.08. The minimum Gasteiger partial charge on any atom is -0.495 e. The van der Waals surface area contributed by atoms with Gasteiger partial charge in [-0.2, -0.15) is 0 Å². The molecule has 7 heteroatoms. The van der Waals surface area contributed by atoms with Gasteiger partial charge in [0.1, 0.15) is 23.6 Å². The first-order chi connectivity index (χ1) is 12.6. The zero-order chi connectivity index (χ0) is 18.5. The number of aromatic nitrogens is 2. The van der Waals surface area contributed by atoms with Crippen LogP contribution >= 0.6 is 11.6 Å². The highest BCUT2D eigenvalue weighted by Gasteiger charge is 2.16. The van der Waals surface area contributed by atoms with Gasteiger partial charge in [0.15, 0.2) is 0 Å². The van der Waals surface area contributed by atoms with Gasteiger partial charge in [-0.25, -0.2) is 9.97 Å². The lowest BCUT2D eigenvalue weighted by Gasteiger charge is -2.21. The second-order valence-electron chi connectivity index (χ2n) is 6.42. The van der Waals surface area contributed by atoms with E-state index in [1.165, 1.54) is 19.2 Å². The number of hydrogen-bond acceptors (Lipinski definition) is 5. The van der Waals surface area contributed by atoms with Crippen molar-refractivity contribution in [3.8, 4) is 5.75 Å². The van der Waals surface area contributed by atoms with Gasteiger partial charge in [-0.05, 0) is 31.4 Å². The third-order valence-corrected chi connectivity index (χ3v) is 4.95. The molecule has 2 aromatic rings. The second kappa shape index (κ2) is 8.36. The van der Waals surface area contributed by atoms with Gasteiger partial charge < -0.3 is 15.0 Å². The van der Waals surface area contributed by atoms with Crippen LogP contribution in [0.25, 0.3) is 0 Å². The highest BCUT2D eigenvalue weighted by molar-refractivity contribution is 6.31. The lowest BCUT2D eigenvalue weighted by molar-refractivity contribution is 0.102. The summed E-state index contributed by atoms with van der Waals surface area (Å²) >= 11 is 6.12. The molecule has 2 heterocycles. The van der Waals surface area contributed by atoms with Gasteiger partial charge in [0.05, 0.1) is 12.8 Å². The van der Waals surface area contributed by atoms with Gasteiger partial charge in [0.25, 0.3) is 5.91 Å². The van der Waals surface area contributed by atoms with Crippen LogP contribution in [0.5, 0.6) is 5.75 Å². The molecule has 1 aliphatic rings. The summed E-state index contributed by atoms with van der Waals surface area (Å²) in [4.78, 5) is 23.4. The zero-order valence-electron chi connectivity index (χ0n) is 15.1. The Morgan fingerprint density at radius 3 is 2.58 bits per heavy atom. The fourth-order valence-corrected chi connectivity index (χ4v) is 3.21. The average Bonchev–Trinajstić information content (AvgIpc) is 2.94. The maximum Gasteiger partial charge on any atom is 0.274 e. The monoisotopic (exact) mass is 374 g/mol.